The lowest BCUT2D eigenvalue weighted by Gasteiger charge is -2.50. The molecule has 0 N–H and O–H groups in total. The van der Waals surface area contributed by atoms with Gasteiger partial charge in [-0.3, -0.25) is 4.79 Å². The second-order valence-corrected chi connectivity index (χ2v) is 24.0. The first-order valence-corrected chi connectivity index (χ1v) is 33.3. The van der Waals surface area contributed by atoms with Crippen molar-refractivity contribution < 1.29 is 61.6 Å². The third-order valence-electron chi connectivity index (χ3n) is 16.8. The summed E-state index contributed by atoms with van der Waals surface area (Å²) in [7, 11) is 0. The topological polar surface area (TPSA) is 128 Å². The summed E-state index contributed by atoms with van der Waals surface area (Å²) in [6.07, 6.45) is -12.2. The third-order valence-corrected chi connectivity index (χ3v) is 16.8. The summed E-state index contributed by atoms with van der Waals surface area (Å²) in [6, 6.07) is 99.8. The molecule has 11 atom stereocenters. The Balaban J connectivity index is 1.13. The van der Waals surface area contributed by atoms with E-state index in [0.717, 1.165) is 55.6 Å². The van der Waals surface area contributed by atoms with Gasteiger partial charge in [-0.2, -0.15) is 0 Å². The van der Waals surface area contributed by atoms with E-state index >= 15 is 0 Å². The molecule has 11 rings (SSSR count). The molecule has 10 aromatic rings. The fraction of sp³-hybridized carbons (Fsp3) is 0.274. The minimum Gasteiger partial charge on any atom is -0.433 e. The molecule has 1 saturated heterocycles. The first-order chi connectivity index (χ1) is 48.0. The molecule has 1 aliphatic heterocycles. The second-order valence-electron chi connectivity index (χ2n) is 24.0. The van der Waals surface area contributed by atoms with Crippen molar-refractivity contribution in [3.63, 3.8) is 0 Å². The van der Waals surface area contributed by atoms with Crippen LogP contribution in [-0.4, -0.2) is 79.9 Å². The molecule has 0 radical (unpaired) electrons. The molecular formula is C84H86O13. The first-order valence-electron chi connectivity index (χ1n) is 33.3. The summed E-state index contributed by atoms with van der Waals surface area (Å²) in [5, 5.41) is 0. The monoisotopic (exact) mass is 1300 g/mol. The molecule has 0 spiro atoms. The van der Waals surface area contributed by atoms with Crippen LogP contribution in [0.4, 0.5) is 0 Å². The van der Waals surface area contributed by atoms with Crippen molar-refractivity contribution >= 4 is 5.97 Å². The van der Waals surface area contributed by atoms with Gasteiger partial charge in [0.2, 0.25) is 6.29 Å². The normalized spacial score (nSPS) is 18.1. The van der Waals surface area contributed by atoms with Crippen molar-refractivity contribution in [2.24, 2.45) is 0 Å². The predicted octanol–water partition coefficient (Wildman–Crippen LogP) is 15.8. The van der Waals surface area contributed by atoms with E-state index in [2.05, 4.69) is 0 Å². The number of benzene rings is 10. The van der Waals surface area contributed by atoms with Crippen molar-refractivity contribution in [2.45, 2.75) is 140 Å². The number of hydrogen-bond donors (Lipinski definition) is 0. The van der Waals surface area contributed by atoms with Gasteiger partial charge in [0, 0.05) is 6.92 Å². The van der Waals surface area contributed by atoms with Gasteiger partial charge in [0.05, 0.1) is 72.7 Å². The lowest BCUT2D eigenvalue weighted by Crippen LogP contribution is -2.67. The Labute approximate surface area is 570 Å². The van der Waals surface area contributed by atoms with E-state index in [1.807, 2.05) is 303 Å². The highest BCUT2D eigenvalue weighted by molar-refractivity contribution is 5.66. The van der Waals surface area contributed by atoms with Gasteiger partial charge in [-0.05, 0) is 55.6 Å². The van der Waals surface area contributed by atoms with Crippen molar-refractivity contribution in [3.8, 4) is 0 Å². The Hall–Kier alpha value is -8.77. The highest BCUT2D eigenvalue weighted by atomic mass is 16.7. The summed E-state index contributed by atoms with van der Waals surface area (Å²) in [4.78, 5) is 13.8. The van der Waals surface area contributed by atoms with Crippen LogP contribution in [0.15, 0.2) is 303 Å². The number of carbonyl (C=O) groups excluding carboxylic acids is 1. The lowest BCUT2D eigenvalue weighted by atomic mass is 9.87. The number of esters is 1. The maximum Gasteiger partial charge on any atom is 0.305 e. The molecule has 0 unspecified atom stereocenters. The summed E-state index contributed by atoms with van der Waals surface area (Å²) >= 11 is 0. The fourth-order valence-corrected chi connectivity index (χ4v) is 11.9. The molecular weight excluding hydrogens is 1220 g/mol. The van der Waals surface area contributed by atoms with Crippen molar-refractivity contribution in [1.82, 2.24) is 0 Å². The van der Waals surface area contributed by atoms with Crippen LogP contribution in [-0.2, 0) is 128 Å². The van der Waals surface area contributed by atoms with Crippen LogP contribution in [0.2, 0.25) is 0 Å². The Morgan fingerprint density at radius 2 is 0.567 bits per heavy atom. The standard InChI is InChI=1S/C84H86O13/c1-63(85)96-84-83(95-61-73-50-30-11-31-51-73)81(94-60-72-48-28-10-29-49-72)80(93-59-71-46-26-9-27-47-71)82(97-84)79(92-58-70-44-24-8-25-45-70)78(91-57-69-42-22-7-23-43-69)77(90-56-68-40-20-6-21-41-68)76(89-55-67-38-18-5-19-39-67)75(88-54-66-36-16-4-17-37-66)74(87-53-65-34-14-3-15-35-65)62-86-52-64-32-12-2-13-33-64/h2-51,74-84H,52-62H2,1H3/t74-,75-,76+,77+,78-,79-,80+,81+,82-,83-,84+/m1/s1. The average molecular weight is 1300 g/mol. The van der Waals surface area contributed by atoms with Gasteiger partial charge < -0.3 is 56.8 Å². The predicted molar refractivity (Wildman–Crippen MR) is 372 cm³/mol. The van der Waals surface area contributed by atoms with Crippen molar-refractivity contribution in [2.75, 3.05) is 6.61 Å². The quantitative estimate of drug-likeness (QED) is 0.0341. The van der Waals surface area contributed by atoms with Gasteiger partial charge in [0.25, 0.3) is 0 Å². The van der Waals surface area contributed by atoms with E-state index in [9.17, 15) is 4.79 Å². The third kappa shape index (κ3) is 21.9. The Kier molecular flexibility index (Phi) is 27.4. The molecule has 0 saturated carbocycles. The summed E-state index contributed by atoms with van der Waals surface area (Å²) < 4.78 is 88.0. The Morgan fingerprint density at radius 1 is 0.299 bits per heavy atom. The number of hydrogen-bond acceptors (Lipinski definition) is 13. The molecule has 1 aliphatic rings. The molecule has 0 bridgehead atoms. The smallest absolute Gasteiger partial charge is 0.305 e. The molecule has 0 aliphatic carbocycles. The van der Waals surface area contributed by atoms with Crippen LogP contribution < -0.4 is 0 Å². The first kappa shape index (κ1) is 69.6. The summed E-state index contributed by atoms with van der Waals surface area (Å²) in [5.74, 6) is -0.603. The van der Waals surface area contributed by atoms with E-state index in [1.54, 1.807) is 0 Å². The fourth-order valence-electron chi connectivity index (χ4n) is 11.9. The Bertz CT molecular complexity index is 3740. The van der Waals surface area contributed by atoms with Gasteiger partial charge in [0.1, 0.15) is 61.0 Å². The van der Waals surface area contributed by atoms with E-state index < -0.39 is 73.3 Å². The SMILES string of the molecule is CC(=O)O[C@H]1O[C@H]([C@H](OCc2ccccc2)[C@H](OCc2ccccc2)[C@@H](OCc2ccccc2)[C@@H](OCc2ccccc2)[C@H](OCc2ccccc2)[C@@H](COCc2ccccc2)OCc2ccccc2)[C@@H](OCc2ccccc2)[C@H](OCc2ccccc2)[C@H]1OCc1ccccc1. The zero-order chi connectivity index (χ0) is 66.3. The maximum atomic E-state index is 13.8. The van der Waals surface area contributed by atoms with Gasteiger partial charge in [-0.25, -0.2) is 0 Å². The largest absolute Gasteiger partial charge is 0.433 e. The molecule has 0 aromatic heterocycles. The van der Waals surface area contributed by atoms with Crippen molar-refractivity contribution in [3.05, 3.63) is 359 Å². The summed E-state index contributed by atoms with van der Waals surface area (Å²) in [5.41, 5.74) is 9.01. The van der Waals surface area contributed by atoms with E-state index in [1.165, 1.54) is 6.92 Å². The molecule has 13 heteroatoms. The number of carbonyl (C=O) groups is 1. The van der Waals surface area contributed by atoms with Crippen molar-refractivity contribution in [1.29, 1.82) is 0 Å². The van der Waals surface area contributed by atoms with Gasteiger partial charge in [-0.15, -0.1) is 0 Å². The highest BCUT2D eigenvalue weighted by Crippen LogP contribution is 2.38. The zero-order valence-corrected chi connectivity index (χ0v) is 54.8. The van der Waals surface area contributed by atoms with Gasteiger partial charge >= 0.3 is 5.97 Å². The summed E-state index contributed by atoms with van der Waals surface area (Å²) in [6.45, 7) is 2.70. The molecule has 10 aromatic carbocycles. The maximum absolute atomic E-state index is 13.8. The lowest BCUT2D eigenvalue weighted by molar-refractivity contribution is -0.340. The molecule has 1 heterocycles. The van der Waals surface area contributed by atoms with Crippen LogP contribution in [0, 0.1) is 0 Å². The van der Waals surface area contributed by atoms with Gasteiger partial charge in [-0.1, -0.05) is 303 Å². The number of ether oxygens (including phenoxy) is 12. The number of rotatable bonds is 38. The van der Waals surface area contributed by atoms with Gasteiger partial charge in [0.15, 0.2) is 0 Å². The van der Waals surface area contributed by atoms with Crippen LogP contribution in [0.5, 0.6) is 0 Å². The van der Waals surface area contributed by atoms with Crippen LogP contribution in [0.3, 0.4) is 0 Å². The zero-order valence-electron chi connectivity index (χ0n) is 54.8. The minimum atomic E-state index is -1.39. The molecule has 0 amide bonds. The molecule has 13 nitrogen and oxygen atoms in total. The Morgan fingerprint density at radius 3 is 0.918 bits per heavy atom. The van der Waals surface area contributed by atoms with E-state index in [-0.39, 0.29) is 72.7 Å². The molecule has 500 valence electrons. The highest BCUT2D eigenvalue weighted by Gasteiger charge is 2.57. The average Bonchev–Trinajstić information content (AvgIpc) is 0.781. The van der Waals surface area contributed by atoms with E-state index in [4.69, 9.17) is 56.8 Å². The second kappa shape index (κ2) is 38.2. The van der Waals surface area contributed by atoms with Crippen LogP contribution >= 0.6 is 0 Å². The minimum absolute atomic E-state index is 0.0503. The van der Waals surface area contributed by atoms with Crippen LogP contribution in [0.25, 0.3) is 0 Å². The molecule has 1 fully saturated rings. The van der Waals surface area contributed by atoms with Crippen LogP contribution in [0.1, 0.15) is 62.6 Å². The molecule has 97 heavy (non-hydrogen) atoms. The van der Waals surface area contributed by atoms with E-state index in [0.29, 0.717) is 0 Å².